The molecule has 0 saturated carbocycles. The molecular formula is C14H18Br2O2. The first-order valence-corrected chi connectivity index (χ1v) is 8.07. The van der Waals surface area contributed by atoms with Gasteiger partial charge in [0.25, 0.3) is 0 Å². The normalized spacial score (nSPS) is 18.6. The molecule has 0 radical (unpaired) electrons. The first-order chi connectivity index (χ1) is 8.69. The quantitative estimate of drug-likeness (QED) is 0.732. The summed E-state index contributed by atoms with van der Waals surface area (Å²) in [5.74, 6) is 0.977. The summed E-state index contributed by atoms with van der Waals surface area (Å²) in [6.45, 7) is 1.73. The van der Waals surface area contributed by atoms with Crippen molar-refractivity contribution in [1.29, 1.82) is 0 Å². The van der Waals surface area contributed by atoms with Gasteiger partial charge in [0.2, 0.25) is 0 Å². The third kappa shape index (κ3) is 3.28. The SMILES string of the molecule is COc1ccc(Br)cc1CC1(CBr)CCOCC1. The molecule has 0 amide bonds. The minimum atomic E-state index is 0.298. The Balaban J connectivity index is 2.23. The van der Waals surface area contributed by atoms with E-state index in [-0.39, 0.29) is 0 Å². The average Bonchev–Trinajstić information content (AvgIpc) is 2.40. The minimum Gasteiger partial charge on any atom is -0.496 e. The lowest BCUT2D eigenvalue weighted by molar-refractivity contribution is 0.0267. The van der Waals surface area contributed by atoms with Crippen LogP contribution in [0.25, 0.3) is 0 Å². The first kappa shape index (κ1) is 14.4. The predicted octanol–water partition coefficient (Wildman–Crippen LogP) is 4.19. The molecule has 0 spiro atoms. The Hall–Kier alpha value is -0.0600. The summed E-state index contributed by atoms with van der Waals surface area (Å²) in [6, 6.07) is 6.21. The molecule has 0 N–H and O–H groups in total. The van der Waals surface area contributed by atoms with Crippen LogP contribution < -0.4 is 4.74 Å². The van der Waals surface area contributed by atoms with Crippen molar-refractivity contribution >= 4 is 31.9 Å². The van der Waals surface area contributed by atoms with Crippen molar-refractivity contribution < 1.29 is 9.47 Å². The van der Waals surface area contributed by atoms with Gasteiger partial charge in [-0.3, -0.25) is 0 Å². The highest BCUT2D eigenvalue weighted by Gasteiger charge is 2.32. The van der Waals surface area contributed by atoms with E-state index in [4.69, 9.17) is 9.47 Å². The van der Waals surface area contributed by atoms with Crippen LogP contribution in [0.5, 0.6) is 5.75 Å². The maximum Gasteiger partial charge on any atom is 0.122 e. The Morgan fingerprint density at radius 3 is 2.67 bits per heavy atom. The van der Waals surface area contributed by atoms with Crippen molar-refractivity contribution in [2.75, 3.05) is 25.7 Å². The Morgan fingerprint density at radius 1 is 1.33 bits per heavy atom. The van der Waals surface area contributed by atoms with Crippen LogP contribution in [-0.4, -0.2) is 25.7 Å². The fraction of sp³-hybridized carbons (Fsp3) is 0.571. The molecule has 1 aliphatic rings. The van der Waals surface area contributed by atoms with Crippen molar-refractivity contribution in [3.63, 3.8) is 0 Å². The van der Waals surface area contributed by atoms with Gasteiger partial charge in [0, 0.05) is 23.0 Å². The second-order valence-electron chi connectivity index (χ2n) is 4.88. The number of ether oxygens (including phenoxy) is 2. The van der Waals surface area contributed by atoms with Crippen LogP contribution in [0, 0.1) is 5.41 Å². The van der Waals surface area contributed by atoms with E-state index in [1.54, 1.807) is 7.11 Å². The number of rotatable bonds is 4. The van der Waals surface area contributed by atoms with Gasteiger partial charge < -0.3 is 9.47 Å². The summed E-state index contributed by atoms with van der Waals surface area (Å²) in [5, 5.41) is 1.01. The molecule has 0 unspecified atom stereocenters. The van der Waals surface area contributed by atoms with Gasteiger partial charge in [0.15, 0.2) is 0 Å². The second-order valence-corrected chi connectivity index (χ2v) is 6.36. The zero-order chi connectivity index (χ0) is 13.0. The van der Waals surface area contributed by atoms with Crippen molar-refractivity contribution in [2.24, 2.45) is 5.41 Å². The number of halogens is 2. The van der Waals surface area contributed by atoms with E-state index in [0.29, 0.717) is 5.41 Å². The summed E-state index contributed by atoms with van der Waals surface area (Å²) in [7, 11) is 1.73. The average molecular weight is 378 g/mol. The number of alkyl halides is 1. The number of methoxy groups -OCH3 is 1. The van der Waals surface area contributed by atoms with Gasteiger partial charge in [-0.1, -0.05) is 31.9 Å². The zero-order valence-corrected chi connectivity index (χ0v) is 13.7. The highest BCUT2D eigenvalue weighted by molar-refractivity contribution is 9.10. The lowest BCUT2D eigenvalue weighted by atomic mass is 9.77. The second kappa shape index (κ2) is 6.40. The fourth-order valence-corrected chi connectivity index (χ4v) is 3.62. The lowest BCUT2D eigenvalue weighted by Gasteiger charge is -2.36. The number of hydrogen-bond donors (Lipinski definition) is 0. The standard InChI is InChI=1S/C14H18Br2O2/c1-17-13-3-2-12(16)8-11(13)9-14(10-15)4-6-18-7-5-14/h2-3,8H,4-7,9-10H2,1H3. The van der Waals surface area contributed by atoms with E-state index >= 15 is 0 Å². The Labute approximate surface area is 125 Å². The molecule has 4 heteroatoms. The van der Waals surface area contributed by atoms with E-state index in [1.807, 2.05) is 12.1 Å². The van der Waals surface area contributed by atoms with Gasteiger partial charge in [-0.25, -0.2) is 0 Å². The maximum absolute atomic E-state index is 5.48. The Kier molecular flexibility index (Phi) is 5.10. The van der Waals surface area contributed by atoms with Crippen molar-refractivity contribution in [2.45, 2.75) is 19.3 Å². The molecule has 0 aromatic heterocycles. The molecule has 1 aromatic carbocycles. The summed E-state index contributed by atoms with van der Waals surface area (Å²) < 4.78 is 12.1. The fourth-order valence-electron chi connectivity index (χ4n) is 2.45. The summed E-state index contributed by atoms with van der Waals surface area (Å²) in [5.41, 5.74) is 1.57. The largest absolute Gasteiger partial charge is 0.496 e. The number of hydrogen-bond acceptors (Lipinski definition) is 2. The first-order valence-electron chi connectivity index (χ1n) is 6.15. The zero-order valence-electron chi connectivity index (χ0n) is 10.5. The van der Waals surface area contributed by atoms with Gasteiger partial charge >= 0.3 is 0 Å². The van der Waals surface area contributed by atoms with E-state index in [0.717, 1.165) is 48.0 Å². The van der Waals surface area contributed by atoms with E-state index in [9.17, 15) is 0 Å². The lowest BCUT2D eigenvalue weighted by Crippen LogP contribution is -2.33. The molecule has 2 rings (SSSR count). The molecule has 1 fully saturated rings. The van der Waals surface area contributed by atoms with Crippen LogP contribution in [0.15, 0.2) is 22.7 Å². The van der Waals surface area contributed by atoms with Crippen LogP contribution >= 0.6 is 31.9 Å². The van der Waals surface area contributed by atoms with E-state index < -0.39 is 0 Å². The molecule has 1 aromatic rings. The van der Waals surface area contributed by atoms with Crippen LogP contribution in [0.3, 0.4) is 0 Å². The summed E-state index contributed by atoms with van der Waals surface area (Å²) in [4.78, 5) is 0. The Bertz CT molecular complexity index is 401. The van der Waals surface area contributed by atoms with Gasteiger partial charge in [-0.15, -0.1) is 0 Å². The molecular weight excluding hydrogens is 360 g/mol. The van der Waals surface area contributed by atoms with E-state index in [2.05, 4.69) is 37.9 Å². The third-order valence-corrected chi connectivity index (χ3v) is 5.33. The van der Waals surface area contributed by atoms with Crippen LogP contribution in [0.1, 0.15) is 18.4 Å². The highest BCUT2D eigenvalue weighted by Crippen LogP contribution is 2.38. The van der Waals surface area contributed by atoms with Crippen LogP contribution in [0.2, 0.25) is 0 Å². The summed E-state index contributed by atoms with van der Waals surface area (Å²) in [6.07, 6.45) is 3.24. The molecule has 0 atom stereocenters. The summed E-state index contributed by atoms with van der Waals surface area (Å²) >= 11 is 7.22. The number of benzene rings is 1. The van der Waals surface area contributed by atoms with Crippen molar-refractivity contribution in [3.8, 4) is 5.75 Å². The third-order valence-electron chi connectivity index (χ3n) is 3.64. The van der Waals surface area contributed by atoms with Gasteiger partial charge in [-0.2, -0.15) is 0 Å². The van der Waals surface area contributed by atoms with Crippen molar-refractivity contribution in [3.05, 3.63) is 28.2 Å². The monoisotopic (exact) mass is 376 g/mol. The molecule has 1 aliphatic heterocycles. The molecule has 0 aliphatic carbocycles. The van der Waals surface area contributed by atoms with E-state index in [1.165, 1.54) is 5.56 Å². The molecule has 1 heterocycles. The smallest absolute Gasteiger partial charge is 0.122 e. The molecule has 100 valence electrons. The van der Waals surface area contributed by atoms with Gasteiger partial charge in [0.1, 0.15) is 5.75 Å². The van der Waals surface area contributed by atoms with Gasteiger partial charge in [-0.05, 0) is 48.4 Å². The molecule has 18 heavy (non-hydrogen) atoms. The Morgan fingerprint density at radius 2 is 2.06 bits per heavy atom. The maximum atomic E-state index is 5.48. The molecule has 2 nitrogen and oxygen atoms in total. The highest BCUT2D eigenvalue weighted by atomic mass is 79.9. The van der Waals surface area contributed by atoms with Crippen LogP contribution in [-0.2, 0) is 11.2 Å². The van der Waals surface area contributed by atoms with Gasteiger partial charge in [0.05, 0.1) is 7.11 Å². The topological polar surface area (TPSA) is 18.5 Å². The molecule has 0 bridgehead atoms. The predicted molar refractivity (Wildman–Crippen MR) is 80.7 cm³/mol. The van der Waals surface area contributed by atoms with Crippen molar-refractivity contribution in [1.82, 2.24) is 0 Å². The minimum absolute atomic E-state index is 0.298. The van der Waals surface area contributed by atoms with Crippen LogP contribution in [0.4, 0.5) is 0 Å². The molecule has 1 saturated heterocycles.